The van der Waals surface area contributed by atoms with Crippen LogP contribution in [0.5, 0.6) is 0 Å². The molecular formula is C30H34N6O2. The Morgan fingerprint density at radius 3 is 2.39 bits per heavy atom. The van der Waals surface area contributed by atoms with E-state index in [1.807, 2.05) is 41.3 Å². The van der Waals surface area contributed by atoms with Crippen LogP contribution in [0.25, 0.3) is 0 Å². The number of rotatable bonds is 7. The van der Waals surface area contributed by atoms with Crippen molar-refractivity contribution in [2.24, 2.45) is 0 Å². The zero-order chi connectivity index (χ0) is 26.2. The smallest absolute Gasteiger partial charge is 0.322 e. The Morgan fingerprint density at radius 1 is 1.00 bits per heavy atom. The van der Waals surface area contributed by atoms with Gasteiger partial charge >= 0.3 is 6.03 Å². The Hall–Kier alpha value is -4.09. The van der Waals surface area contributed by atoms with Crippen LogP contribution in [-0.2, 0) is 11.3 Å². The number of nitrogens with one attached hydrogen (secondary N) is 2. The molecule has 2 aliphatic rings. The molecule has 5 rings (SSSR count). The highest BCUT2D eigenvalue weighted by Gasteiger charge is 2.30. The van der Waals surface area contributed by atoms with E-state index < -0.39 is 0 Å². The monoisotopic (exact) mass is 510 g/mol. The Kier molecular flexibility index (Phi) is 8.36. The summed E-state index contributed by atoms with van der Waals surface area (Å²) in [7, 11) is 0. The summed E-state index contributed by atoms with van der Waals surface area (Å²) in [6, 6.07) is 24.4. The fourth-order valence-electron chi connectivity index (χ4n) is 5.23. The summed E-state index contributed by atoms with van der Waals surface area (Å²) >= 11 is 0. The summed E-state index contributed by atoms with van der Waals surface area (Å²) in [6.45, 7) is 3.73. The van der Waals surface area contributed by atoms with Gasteiger partial charge in [0.1, 0.15) is 11.9 Å². The van der Waals surface area contributed by atoms with E-state index in [9.17, 15) is 4.79 Å². The maximum atomic E-state index is 13.6. The molecule has 2 fully saturated rings. The summed E-state index contributed by atoms with van der Waals surface area (Å²) < 4.78 is 5.49. The van der Waals surface area contributed by atoms with Gasteiger partial charge in [-0.3, -0.25) is 4.90 Å². The highest BCUT2D eigenvalue weighted by atomic mass is 16.5. The van der Waals surface area contributed by atoms with Crippen LogP contribution in [0.3, 0.4) is 0 Å². The number of carbonyl (C=O) groups is 1. The normalized spacial score (nSPS) is 19.3. The Morgan fingerprint density at radius 2 is 1.74 bits per heavy atom. The molecule has 1 saturated heterocycles. The van der Waals surface area contributed by atoms with Crippen LogP contribution in [0.4, 0.5) is 22.0 Å². The quantitative estimate of drug-likeness (QED) is 0.468. The first-order valence-corrected chi connectivity index (χ1v) is 13.4. The van der Waals surface area contributed by atoms with Crippen LogP contribution >= 0.6 is 0 Å². The largest absolute Gasteiger partial charge is 0.378 e. The van der Waals surface area contributed by atoms with Gasteiger partial charge in [0.25, 0.3) is 0 Å². The Bertz CT molecular complexity index is 1210. The van der Waals surface area contributed by atoms with Crippen molar-refractivity contribution in [2.45, 2.75) is 44.3 Å². The van der Waals surface area contributed by atoms with E-state index in [2.05, 4.69) is 50.9 Å². The van der Waals surface area contributed by atoms with Gasteiger partial charge in [-0.25, -0.2) is 9.78 Å². The van der Waals surface area contributed by atoms with Crippen LogP contribution < -0.4 is 20.4 Å². The molecule has 1 saturated carbocycles. The third-order valence-corrected chi connectivity index (χ3v) is 7.32. The predicted molar refractivity (Wildman–Crippen MR) is 149 cm³/mol. The number of nitriles is 1. The highest BCUT2D eigenvalue weighted by Crippen LogP contribution is 2.30. The average molecular weight is 511 g/mol. The number of aromatic nitrogens is 1. The van der Waals surface area contributed by atoms with Gasteiger partial charge in [-0.15, -0.1) is 0 Å². The first kappa shape index (κ1) is 25.6. The van der Waals surface area contributed by atoms with Crippen LogP contribution in [0.2, 0.25) is 0 Å². The minimum absolute atomic E-state index is 0.0712. The standard InChI is InChI=1S/C30H34N6O2/c31-20-24-6-15-29(32-22-24)34-25-7-9-27(10-8-25)36(30(37)33-21-23-4-2-1-3-5-23)28-13-11-26(12-14-28)35-16-18-38-19-17-35/h1-6,11-15,22,25,27H,7-10,16-19,21H2,(H,32,34)(H,33,37). The highest BCUT2D eigenvalue weighted by molar-refractivity contribution is 5.92. The molecule has 1 aliphatic carbocycles. The second-order valence-corrected chi connectivity index (χ2v) is 9.82. The zero-order valence-corrected chi connectivity index (χ0v) is 21.6. The summed E-state index contributed by atoms with van der Waals surface area (Å²) in [5, 5.41) is 15.6. The number of amides is 2. The summed E-state index contributed by atoms with van der Waals surface area (Å²) in [6.07, 6.45) is 5.23. The molecule has 1 aliphatic heterocycles. The van der Waals surface area contributed by atoms with Crippen molar-refractivity contribution in [1.82, 2.24) is 10.3 Å². The molecule has 0 unspecified atom stereocenters. The van der Waals surface area contributed by atoms with E-state index in [4.69, 9.17) is 10.00 Å². The minimum Gasteiger partial charge on any atom is -0.378 e. The SMILES string of the molecule is N#Cc1ccc(NC2CCC(N(C(=O)NCc3ccccc3)c3ccc(N4CCOCC4)cc3)CC2)nc1. The third-order valence-electron chi connectivity index (χ3n) is 7.32. The minimum atomic E-state index is -0.0712. The van der Waals surface area contributed by atoms with Gasteiger partial charge in [0.05, 0.1) is 18.8 Å². The van der Waals surface area contributed by atoms with Crippen LogP contribution in [-0.4, -0.2) is 49.4 Å². The van der Waals surface area contributed by atoms with E-state index in [0.717, 1.165) is 74.7 Å². The number of anilines is 3. The summed E-state index contributed by atoms with van der Waals surface area (Å²) in [5.41, 5.74) is 3.70. The molecule has 2 heterocycles. The zero-order valence-electron chi connectivity index (χ0n) is 21.6. The number of ether oxygens (including phenoxy) is 1. The molecule has 0 radical (unpaired) electrons. The predicted octanol–water partition coefficient (Wildman–Crippen LogP) is 4.93. The van der Waals surface area contributed by atoms with Gasteiger partial charge in [0.15, 0.2) is 0 Å². The van der Waals surface area contributed by atoms with E-state index in [-0.39, 0.29) is 18.1 Å². The Labute approximate surface area is 224 Å². The van der Waals surface area contributed by atoms with E-state index in [1.165, 1.54) is 0 Å². The van der Waals surface area contributed by atoms with Crippen molar-refractivity contribution in [3.63, 3.8) is 0 Å². The molecule has 0 spiro atoms. The van der Waals surface area contributed by atoms with Gasteiger partial charge in [-0.2, -0.15) is 5.26 Å². The molecule has 8 heteroatoms. The van der Waals surface area contributed by atoms with Crippen molar-refractivity contribution in [3.05, 3.63) is 84.1 Å². The number of hydrogen-bond acceptors (Lipinski definition) is 6. The fourth-order valence-corrected chi connectivity index (χ4v) is 5.23. The van der Waals surface area contributed by atoms with Crippen molar-refractivity contribution >= 4 is 23.2 Å². The number of morpholine rings is 1. The lowest BCUT2D eigenvalue weighted by molar-refractivity contribution is 0.122. The fraction of sp³-hybridized carbons (Fsp3) is 0.367. The van der Waals surface area contributed by atoms with Gasteiger partial charge < -0.3 is 20.3 Å². The molecule has 3 aromatic rings. The number of nitrogens with zero attached hydrogens (tertiary/aromatic N) is 4. The molecule has 8 nitrogen and oxygen atoms in total. The lowest BCUT2D eigenvalue weighted by atomic mass is 9.90. The third kappa shape index (κ3) is 6.42. The first-order chi connectivity index (χ1) is 18.7. The molecular weight excluding hydrogens is 476 g/mol. The average Bonchev–Trinajstić information content (AvgIpc) is 2.99. The topological polar surface area (TPSA) is 93.5 Å². The number of hydrogen-bond donors (Lipinski definition) is 2. The second kappa shape index (κ2) is 12.4. The first-order valence-electron chi connectivity index (χ1n) is 13.4. The van der Waals surface area contributed by atoms with Crippen LogP contribution in [0, 0.1) is 11.3 Å². The molecule has 1 aromatic heterocycles. The van der Waals surface area contributed by atoms with Crippen molar-refractivity contribution in [2.75, 3.05) is 41.4 Å². The second-order valence-electron chi connectivity index (χ2n) is 9.82. The molecule has 2 N–H and O–H groups in total. The molecule has 196 valence electrons. The lowest BCUT2D eigenvalue weighted by Crippen LogP contribution is -2.48. The van der Waals surface area contributed by atoms with E-state index in [1.54, 1.807) is 12.3 Å². The molecule has 2 amide bonds. The Balaban J connectivity index is 1.27. The molecule has 0 bridgehead atoms. The molecule has 0 atom stereocenters. The van der Waals surface area contributed by atoms with E-state index in [0.29, 0.717) is 12.1 Å². The summed E-state index contributed by atoms with van der Waals surface area (Å²) in [5.74, 6) is 0.781. The summed E-state index contributed by atoms with van der Waals surface area (Å²) in [4.78, 5) is 22.2. The lowest BCUT2D eigenvalue weighted by Gasteiger charge is -2.37. The van der Waals surface area contributed by atoms with Gasteiger partial charge in [-0.05, 0) is 67.6 Å². The maximum Gasteiger partial charge on any atom is 0.322 e. The number of pyridine rings is 1. The van der Waals surface area contributed by atoms with Gasteiger partial charge in [-0.1, -0.05) is 30.3 Å². The van der Waals surface area contributed by atoms with Crippen molar-refractivity contribution in [1.29, 1.82) is 5.26 Å². The van der Waals surface area contributed by atoms with Crippen molar-refractivity contribution < 1.29 is 9.53 Å². The number of carbonyl (C=O) groups excluding carboxylic acids is 1. The number of benzene rings is 2. The number of urea groups is 1. The van der Waals surface area contributed by atoms with E-state index >= 15 is 0 Å². The maximum absolute atomic E-state index is 13.6. The van der Waals surface area contributed by atoms with Crippen LogP contribution in [0.15, 0.2) is 72.9 Å². The van der Waals surface area contributed by atoms with Gasteiger partial charge in [0.2, 0.25) is 0 Å². The molecule has 38 heavy (non-hydrogen) atoms. The van der Waals surface area contributed by atoms with Crippen molar-refractivity contribution in [3.8, 4) is 6.07 Å². The molecule has 2 aromatic carbocycles. The van der Waals surface area contributed by atoms with Gasteiger partial charge in [0, 0.05) is 49.3 Å². The van der Waals surface area contributed by atoms with Crippen LogP contribution in [0.1, 0.15) is 36.8 Å².